The SMILES string of the molecule is O=C(NCCc1ccccc1F)C1CCN(C(=O)c2ccccc2SC(F)(F)F)CC1. The van der Waals surface area contributed by atoms with Crippen LogP contribution in [0.5, 0.6) is 0 Å². The molecule has 0 atom stereocenters. The molecule has 1 aliphatic rings. The van der Waals surface area contributed by atoms with E-state index in [4.69, 9.17) is 0 Å². The monoisotopic (exact) mass is 454 g/mol. The van der Waals surface area contributed by atoms with Crippen molar-refractivity contribution < 1.29 is 27.2 Å². The Hall–Kier alpha value is -2.55. The van der Waals surface area contributed by atoms with Crippen LogP contribution in [0.15, 0.2) is 53.4 Å². The molecule has 2 amide bonds. The highest BCUT2D eigenvalue weighted by atomic mass is 32.2. The first kappa shape index (κ1) is 23.1. The zero-order valence-corrected chi connectivity index (χ0v) is 17.4. The van der Waals surface area contributed by atoms with E-state index < -0.39 is 11.4 Å². The lowest BCUT2D eigenvalue weighted by atomic mass is 9.95. The van der Waals surface area contributed by atoms with Gasteiger partial charge in [0.25, 0.3) is 5.91 Å². The molecular weight excluding hydrogens is 432 g/mol. The Morgan fingerprint density at radius 3 is 2.35 bits per heavy atom. The second-order valence-electron chi connectivity index (χ2n) is 7.24. The number of piperidine rings is 1. The lowest BCUT2D eigenvalue weighted by molar-refractivity contribution is -0.126. The smallest absolute Gasteiger partial charge is 0.356 e. The molecule has 2 aromatic carbocycles. The first-order valence-corrected chi connectivity index (χ1v) is 10.7. The van der Waals surface area contributed by atoms with E-state index in [0.717, 1.165) is 0 Å². The highest BCUT2D eigenvalue weighted by Crippen LogP contribution is 2.39. The van der Waals surface area contributed by atoms with Crippen molar-refractivity contribution in [3.63, 3.8) is 0 Å². The maximum Gasteiger partial charge on any atom is 0.446 e. The van der Waals surface area contributed by atoms with Gasteiger partial charge in [-0.3, -0.25) is 9.59 Å². The molecule has 1 N–H and O–H groups in total. The number of alkyl halides is 3. The fourth-order valence-electron chi connectivity index (χ4n) is 3.54. The summed E-state index contributed by atoms with van der Waals surface area (Å²) in [5.41, 5.74) is -3.94. The van der Waals surface area contributed by atoms with Crippen molar-refractivity contribution in [3.05, 3.63) is 65.5 Å². The van der Waals surface area contributed by atoms with Gasteiger partial charge in [-0.1, -0.05) is 30.3 Å². The van der Waals surface area contributed by atoms with E-state index in [1.807, 2.05) is 0 Å². The van der Waals surface area contributed by atoms with E-state index in [2.05, 4.69) is 5.32 Å². The van der Waals surface area contributed by atoms with Gasteiger partial charge < -0.3 is 10.2 Å². The highest BCUT2D eigenvalue weighted by Gasteiger charge is 2.33. The third kappa shape index (κ3) is 6.46. The van der Waals surface area contributed by atoms with Crippen molar-refractivity contribution >= 4 is 23.6 Å². The maximum absolute atomic E-state index is 13.6. The molecule has 3 rings (SSSR count). The molecule has 2 aromatic rings. The molecule has 0 bridgehead atoms. The van der Waals surface area contributed by atoms with Crippen molar-refractivity contribution in [2.24, 2.45) is 5.92 Å². The summed E-state index contributed by atoms with van der Waals surface area (Å²) in [4.78, 5) is 26.5. The van der Waals surface area contributed by atoms with E-state index in [9.17, 15) is 27.2 Å². The fraction of sp³-hybridized carbons (Fsp3) is 0.364. The molecule has 1 fully saturated rings. The van der Waals surface area contributed by atoms with Gasteiger partial charge in [0, 0.05) is 30.4 Å². The number of hydrogen-bond acceptors (Lipinski definition) is 3. The molecule has 1 saturated heterocycles. The Morgan fingerprint density at radius 1 is 1.03 bits per heavy atom. The zero-order chi connectivity index (χ0) is 22.4. The zero-order valence-electron chi connectivity index (χ0n) is 16.6. The molecule has 4 nitrogen and oxygen atoms in total. The number of amides is 2. The third-order valence-corrected chi connectivity index (χ3v) is 5.95. The minimum absolute atomic E-state index is 0.0117. The lowest BCUT2D eigenvalue weighted by Crippen LogP contribution is -2.43. The van der Waals surface area contributed by atoms with Crippen molar-refractivity contribution in [1.82, 2.24) is 10.2 Å². The van der Waals surface area contributed by atoms with Crippen LogP contribution >= 0.6 is 11.8 Å². The topological polar surface area (TPSA) is 49.4 Å². The Bertz CT molecular complexity index is 928. The van der Waals surface area contributed by atoms with Gasteiger partial charge >= 0.3 is 5.51 Å². The van der Waals surface area contributed by atoms with E-state index in [-0.39, 0.29) is 53.0 Å². The molecule has 0 radical (unpaired) electrons. The van der Waals surface area contributed by atoms with Gasteiger partial charge in [0.2, 0.25) is 5.91 Å². The van der Waals surface area contributed by atoms with Gasteiger partial charge in [-0.05, 0) is 54.8 Å². The quantitative estimate of drug-likeness (QED) is 0.511. The Morgan fingerprint density at radius 2 is 1.68 bits per heavy atom. The van der Waals surface area contributed by atoms with Crippen LogP contribution in [0.1, 0.15) is 28.8 Å². The number of hydrogen-bond donors (Lipinski definition) is 1. The molecule has 1 aliphatic heterocycles. The number of likely N-dealkylation sites (tertiary alicyclic amines) is 1. The molecule has 0 aliphatic carbocycles. The fourth-order valence-corrected chi connectivity index (χ4v) is 4.20. The number of benzene rings is 2. The predicted molar refractivity (Wildman–Crippen MR) is 110 cm³/mol. The predicted octanol–water partition coefficient (Wildman–Crippen LogP) is 4.65. The Labute approximate surface area is 182 Å². The van der Waals surface area contributed by atoms with Gasteiger partial charge in [-0.15, -0.1) is 0 Å². The molecular formula is C22H22F4N2O2S. The number of halogens is 4. The summed E-state index contributed by atoms with van der Waals surface area (Å²) in [7, 11) is 0. The van der Waals surface area contributed by atoms with Gasteiger partial charge in [0.1, 0.15) is 5.82 Å². The summed E-state index contributed by atoms with van der Waals surface area (Å²) in [6.07, 6.45) is 1.22. The summed E-state index contributed by atoms with van der Waals surface area (Å²) in [5.74, 6) is -1.22. The minimum Gasteiger partial charge on any atom is -0.356 e. The molecule has 31 heavy (non-hydrogen) atoms. The maximum atomic E-state index is 13.6. The van der Waals surface area contributed by atoms with E-state index in [1.165, 1.54) is 35.2 Å². The van der Waals surface area contributed by atoms with Crippen molar-refractivity contribution in [1.29, 1.82) is 0 Å². The summed E-state index contributed by atoms with van der Waals surface area (Å²) in [6, 6.07) is 12.0. The third-order valence-electron chi connectivity index (χ3n) is 5.15. The van der Waals surface area contributed by atoms with Crippen LogP contribution in [-0.4, -0.2) is 41.9 Å². The number of nitrogens with one attached hydrogen (secondary N) is 1. The van der Waals surface area contributed by atoms with Crippen LogP contribution < -0.4 is 5.32 Å². The molecule has 0 spiro atoms. The van der Waals surface area contributed by atoms with E-state index >= 15 is 0 Å². The number of carbonyl (C=O) groups excluding carboxylic acids is 2. The summed E-state index contributed by atoms with van der Waals surface area (Å²) >= 11 is -0.305. The molecule has 0 aromatic heterocycles. The van der Waals surface area contributed by atoms with Gasteiger partial charge in [0.05, 0.1) is 5.56 Å². The molecule has 166 valence electrons. The van der Waals surface area contributed by atoms with Crippen molar-refractivity contribution in [2.75, 3.05) is 19.6 Å². The standard InChI is InChI=1S/C22H22F4N2O2S/c23-18-7-3-1-5-15(18)9-12-27-20(29)16-10-13-28(14-11-16)21(30)17-6-2-4-8-19(17)31-22(24,25)26/h1-8,16H,9-14H2,(H,27,29). The second kappa shape index (κ2) is 10.2. The number of rotatable bonds is 6. The lowest BCUT2D eigenvalue weighted by Gasteiger charge is -2.31. The van der Waals surface area contributed by atoms with Crippen LogP contribution in [0.3, 0.4) is 0 Å². The summed E-state index contributed by atoms with van der Waals surface area (Å²) < 4.78 is 51.9. The normalized spacial score (nSPS) is 15.0. The molecule has 0 saturated carbocycles. The van der Waals surface area contributed by atoms with Gasteiger partial charge in [-0.2, -0.15) is 13.2 Å². The van der Waals surface area contributed by atoms with Crippen LogP contribution in [-0.2, 0) is 11.2 Å². The minimum atomic E-state index is -4.48. The number of carbonyl (C=O) groups is 2. The van der Waals surface area contributed by atoms with Crippen molar-refractivity contribution in [3.8, 4) is 0 Å². The van der Waals surface area contributed by atoms with Crippen LogP contribution in [0.25, 0.3) is 0 Å². The number of nitrogens with zero attached hydrogens (tertiary/aromatic N) is 1. The first-order chi connectivity index (χ1) is 14.7. The highest BCUT2D eigenvalue weighted by molar-refractivity contribution is 8.00. The molecule has 9 heteroatoms. The molecule has 1 heterocycles. The van der Waals surface area contributed by atoms with Gasteiger partial charge in [0.15, 0.2) is 0 Å². The van der Waals surface area contributed by atoms with Crippen LogP contribution in [0.2, 0.25) is 0 Å². The van der Waals surface area contributed by atoms with E-state index in [0.29, 0.717) is 31.4 Å². The average molecular weight is 454 g/mol. The largest absolute Gasteiger partial charge is 0.446 e. The summed E-state index contributed by atoms with van der Waals surface area (Å²) in [5, 5.41) is 2.80. The number of thioether (sulfide) groups is 1. The van der Waals surface area contributed by atoms with Crippen LogP contribution in [0, 0.1) is 11.7 Å². The molecule has 0 unspecified atom stereocenters. The Kier molecular flexibility index (Phi) is 7.59. The van der Waals surface area contributed by atoms with Crippen LogP contribution in [0.4, 0.5) is 17.6 Å². The van der Waals surface area contributed by atoms with Gasteiger partial charge in [-0.25, -0.2) is 4.39 Å². The summed E-state index contributed by atoms with van der Waals surface area (Å²) in [6.45, 7) is 0.880. The Balaban J connectivity index is 1.51. The van der Waals surface area contributed by atoms with E-state index in [1.54, 1.807) is 18.2 Å². The van der Waals surface area contributed by atoms with Crippen molar-refractivity contribution in [2.45, 2.75) is 29.7 Å². The second-order valence-corrected chi connectivity index (χ2v) is 8.35. The first-order valence-electron chi connectivity index (χ1n) is 9.90. The average Bonchev–Trinajstić information content (AvgIpc) is 2.74.